The van der Waals surface area contributed by atoms with Gasteiger partial charge >= 0.3 is 11.9 Å². The molecule has 0 aliphatic carbocycles. The molecule has 0 fully saturated rings. The van der Waals surface area contributed by atoms with E-state index in [2.05, 4.69) is 48.5 Å². The van der Waals surface area contributed by atoms with Crippen LogP contribution in [0.1, 0.15) is 126 Å². The van der Waals surface area contributed by atoms with E-state index in [-0.39, 0.29) is 40.9 Å². The molecular formula is C33H48O4. The number of unbranched alkanes of at least 4 members (excludes halogenated alkanes) is 1. The second-order valence-electron chi connectivity index (χ2n) is 12.2. The summed E-state index contributed by atoms with van der Waals surface area (Å²) in [5, 5.41) is 0. The SMILES string of the molecule is CCCCC(C(CC)OC(=O)c1ccc(C(C)(C)C)cc1)C(CC)OC(=O)c1ccc(C(C)(C)C)cc1. The third-order valence-corrected chi connectivity index (χ3v) is 7.14. The zero-order valence-electron chi connectivity index (χ0n) is 24.5. The molecule has 2 atom stereocenters. The topological polar surface area (TPSA) is 52.6 Å². The second kappa shape index (κ2) is 13.3. The van der Waals surface area contributed by atoms with Crippen LogP contribution in [0.5, 0.6) is 0 Å². The van der Waals surface area contributed by atoms with Crippen molar-refractivity contribution in [3.63, 3.8) is 0 Å². The molecule has 204 valence electrons. The van der Waals surface area contributed by atoms with Gasteiger partial charge in [0.1, 0.15) is 12.2 Å². The zero-order valence-corrected chi connectivity index (χ0v) is 24.5. The van der Waals surface area contributed by atoms with Crippen molar-refractivity contribution in [1.82, 2.24) is 0 Å². The van der Waals surface area contributed by atoms with Crippen molar-refractivity contribution < 1.29 is 19.1 Å². The van der Waals surface area contributed by atoms with Crippen LogP contribution in [0.15, 0.2) is 48.5 Å². The first kappa shape index (κ1) is 30.6. The van der Waals surface area contributed by atoms with Gasteiger partial charge in [-0.25, -0.2) is 9.59 Å². The molecule has 0 saturated heterocycles. The molecule has 2 rings (SSSR count). The summed E-state index contributed by atoms with van der Waals surface area (Å²) in [5.41, 5.74) is 3.47. The van der Waals surface area contributed by atoms with Crippen LogP contribution in [-0.4, -0.2) is 24.1 Å². The highest BCUT2D eigenvalue weighted by Crippen LogP contribution is 2.29. The first-order valence-corrected chi connectivity index (χ1v) is 13.9. The molecule has 2 aromatic rings. The van der Waals surface area contributed by atoms with Gasteiger partial charge in [0.15, 0.2) is 0 Å². The van der Waals surface area contributed by atoms with Gasteiger partial charge in [-0.15, -0.1) is 0 Å². The smallest absolute Gasteiger partial charge is 0.338 e. The molecule has 0 aromatic heterocycles. The number of carbonyl (C=O) groups excluding carboxylic acids is 2. The molecule has 0 N–H and O–H groups in total. The van der Waals surface area contributed by atoms with Crippen molar-refractivity contribution in [3.05, 3.63) is 70.8 Å². The summed E-state index contributed by atoms with van der Waals surface area (Å²) in [6, 6.07) is 15.3. The highest BCUT2D eigenvalue weighted by atomic mass is 16.6. The van der Waals surface area contributed by atoms with Gasteiger partial charge < -0.3 is 9.47 Å². The molecule has 0 aliphatic rings. The fourth-order valence-corrected chi connectivity index (χ4v) is 4.62. The molecule has 0 aliphatic heterocycles. The van der Waals surface area contributed by atoms with E-state index in [1.54, 1.807) is 0 Å². The maximum atomic E-state index is 13.1. The lowest BCUT2D eigenvalue weighted by atomic mass is 9.86. The van der Waals surface area contributed by atoms with Crippen molar-refractivity contribution in [3.8, 4) is 0 Å². The largest absolute Gasteiger partial charge is 0.458 e. The van der Waals surface area contributed by atoms with Gasteiger partial charge in [0.05, 0.1) is 11.1 Å². The van der Waals surface area contributed by atoms with Crippen LogP contribution in [0, 0.1) is 5.92 Å². The monoisotopic (exact) mass is 508 g/mol. The number of hydrogen-bond acceptors (Lipinski definition) is 4. The van der Waals surface area contributed by atoms with Gasteiger partial charge in [0.2, 0.25) is 0 Å². The third kappa shape index (κ3) is 8.72. The molecule has 4 heteroatoms. The van der Waals surface area contributed by atoms with Crippen LogP contribution < -0.4 is 0 Å². The van der Waals surface area contributed by atoms with Crippen molar-refractivity contribution in [2.24, 2.45) is 5.92 Å². The fourth-order valence-electron chi connectivity index (χ4n) is 4.62. The van der Waals surface area contributed by atoms with Gasteiger partial charge in [0, 0.05) is 5.92 Å². The van der Waals surface area contributed by atoms with Gasteiger partial charge in [0.25, 0.3) is 0 Å². The Labute approximate surface area is 225 Å². The van der Waals surface area contributed by atoms with Gasteiger partial charge in [-0.05, 0) is 65.5 Å². The van der Waals surface area contributed by atoms with E-state index in [0.29, 0.717) is 24.0 Å². The summed E-state index contributed by atoms with van der Waals surface area (Å²) < 4.78 is 12.1. The van der Waals surface area contributed by atoms with Crippen LogP contribution >= 0.6 is 0 Å². The number of ether oxygens (including phenoxy) is 2. The highest BCUT2D eigenvalue weighted by molar-refractivity contribution is 5.90. The predicted molar refractivity (Wildman–Crippen MR) is 152 cm³/mol. The summed E-state index contributed by atoms with van der Waals surface area (Å²) in [5.74, 6) is -0.717. The number of benzene rings is 2. The first-order chi connectivity index (χ1) is 17.3. The lowest BCUT2D eigenvalue weighted by Crippen LogP contribution is -2.37. The van der Waals surface area contributed by atoms with Crippen LogP contribution in [0.4, 0.5) is 0 Å². The Kier molecular flexibility index (Phi) is 11.0. The molecule has 0 spiro atoms. The molecule has 37 heavy (non-hydrogen) atoms. The molecular weight excluding hydrogens is 460 g/mol. The molecule has 0 saturated carbocycles. The Balaban J connectivity index is 2.20. The molecule has 4 nitrogen and oxygen atoms in total. The minimum Gasteiger partial charge on any atom is -0.458 e. The van der Waals surface area contributed by atoms with Crippen LogP contribution in [0.25, 0.3) is 0 Å². The highest BCUT2D eigenvalue weighted by Gasteiger charge is 2.33. The second-order valence-corrected chi connectivity index (χ2v) is 12.2. The maximum Gasteiger partial charge on any atom is 0.338 e. The lowest BCUT2D eigenvalue weighted by Gasteiger charge is -2.32. The molecule has 2 unspecified atom stereocenters. The van der Waals surface area contributed by atoms with E-state index in [1.807, 2.05) is 62.4 Å². The van der Waals surface area contributed by atoms with Crippen molar-refractivity contribution in [1.29, 1.82) is 0 Å². The van der Waals surface area contributed by atoms with Gasteiger partial charge in [-0.1, -0.05) is 99.4 Å². The van der Waals surface area contributed by atoms with E-state index in [4.69, 9.17) is 9.47 Å². The normalized spacial score (nSPS) is 14.5. The molecule has 0 bridgehead atoms. The predicted octanol–water partition coefficient (Wildman–Crippen LogP) is 8.66. The zero-order chi connectivity index (χ0) is 27.8. The van der Waals surface area contributed by atoms with E-state index in [1.165, 1.54) is 11.1 Å². The molecule has 0 heterocycles. The molecule has 0 radical (unpaired) electrons. The van der Waals surface area contributed by atoms with E-state index >= 15 is 0 Å². The van der Waals surface area contributed by atoms with Gasteiger partial charge in [-0.3, -0.25) is 0 Å². The standard InChI is InChI=1S/C33H48O4/c1-10-13-14-27(28(11-2)36-30(34)23-15-19-25(20-16-23)32(4,5)6)29(12-3)37-31(35)24-17-21-26(22-18-24)33(7,8)9/h15-22,27-29H,10-14H2,1-9H3. The first-order valence-electron chi connectivity index (χ1n) is 13.9. The maximum absolute atomic E-state index is 13.1. The van der Waals surface area contributed by atoms with Crippen molar-refractivity contribution >= 4 is 11.9 Å². The van der Waals surface area contributed by atoms with Crippen LogP contribution in [-0.2, 0) is 20.3 Å². The van der Waals surface area contributed by atoms with Crippen molar-refractivity contribution in [2.75, 3.05) is 0 Å². The quantitative estimate of drug-likeness (QED) is 0.285. The number of carbonyl (C=O) groups is 2. The summed E-state index contributed by atoms with van der Waals surface area (Å²) in [6.07, 6.45) is 3.49. The Morgan fingerprint density at radius 2 is 1.00 bits per heavy atom. The number of hydrogen-bond donors (Lipinski definition) is 0. The average Bonchev–Trinajstić information content (AvgIpc) is 2.86. The number of rotatable bonds is 11. The Morgan fingerprint density at radius 1 is 0.649 bits per heavy atom. The Hall–Kier alpha value is -2.62. The average molecular weight is 509 g/mol. The van der Waals surface area contributed by atoms with E-state index in [9.17, 15) is 9.59 Å². The molecule has 2 aromatic carbocycles. The summed E-state index contributed by atoms with van der Waals surface area (Å²) in [7, 11) is 0. The van der Waals surface area contributed by atoms with Crippen molar-refractivity contribution in [2.45, 2.75) is 117 Å². The van der Waals surface area contributed by atoms with Crippen LogP contribution in [0.2, 0.25) is 0 Å². The minimum atomic E-state index is -0.331. The molecule has 0 amide bonds. The van der Waals surface area contributed by atoms with Crippen LogP contribution in [0.3, 0.4) is 0 Å². The summed E-state index contributed by atoms with van der Waals surface area (Å²) >= 11 is 0. The minimum absolute atomic E-state index is 0.0188. The Bertz CT molecular complexity index is 911. The third-order valence-electron chi connectivity index (χ3n) is 7.14. The lowest BCUT2D eigenvalue weighted by molar-refractivity contribution is -0.0380. The fraction of sp³-hybridized carbons (Fsp3) is 0.576. The van der Waals surface area contributed by atoms with E-state index in [0.717, 1.165) is 19.3 Å². The summed E-state index contributed by atoms with van der Waals surface area (Å²) in [6.45, 7) is 19.1. The van der Waals surface area contributed by atoms with Gasteiger partial charge in [-0.2, -0.15) is 0 Å². The summed E-state index contributed by atoms with van der Waals surface area (Å²) in [4.78, 5) is 26.2. The Morgan fingerprint density at radius 3 is 1.27 bits per heavy atom. The number of esters is 2. The van der Waals surface area contributed by atoms with E-state index < -0.39 is 0 Å².